The van der Waals surface area contributed by atoms with Crippen LogP contribution in [0.1, 0.15) is 36.5 Å². The summed E-state index contributed by atoms with van der Waals surface area (Å²) in [5.41, 5.74) is 6.31. The molecular formula is C27H37N5O. The van der Waals surface area contributed by atoms with E-state index in [1.165, 1.54) is 33.3 Å². The molecule has 4 rings (SSSR count). The van der Waals surface area contributed by atoms with Crippen LogP contribution < -0.4 is 15.5 Å². The number of benzene rings is 2. The van der Waals surface area contributed by atoms with Crippen molar-refractivity contribution < 1.29 is 5.11 Å². The maximum absolute atomic E-state index is 9.34. The van der Waals surface area contributed by atoms with Gasteiger partial charge in [0, 0.05) is 55.6 Å². The first-order valence-electron chi connectivity index (χ1n) is 12.2. The molecule has 0 bridgehead atoms. The summed E-state index contributed by atoms with van der Waals surface area (Å²) >= 11 is 0. The molecule has 0 aliphatic carbocycles. The number of aromatic amines is 1. The van der Waals surface area contributed by atoms with Crippen LogP contribution >= 0.6 is 0 Å². The molecule has 4 N–H and O–H groups in total. The minimum Gasteiger partial charge on any atom is -0.396 e. The Morgan fingerprint density at radius 3 is 2.64 bits per heavy atom. The number of nitrogens with one attached hydrogen (secondary N) is 3. The lowest BCUT2D eigenvalue weighted by molar-refractivity contribution is 0.203. The zero-order valence-corrected chi connectivity index (χ0v) is 19.9. The van der Waals surface area contributed by atoms with Gasteiger partial charge in [-0.2, -0.15) is 0 Å². The maximum Gasteiger partial charge on any atom is 0.191 e. The Labute approximate surface area is 197 Å². The Morgan fingerprint density at radius 1 is 1.12 bits per heavy atom. The molecular weight excluding hydrogens is 410 g/mol. The van der Waals surface area contributed by atoms with Gasteiger partial charge in [-0.25, -0.2) is 4.99 Å². The first-order valence-corrected chi connectivity index (χ1v) is 12.2. The Balaban J connectivity index is 1.31. The minimum absolute atomic E-state index is 0.314. The second-order valence-electron chi connectivity index (χ2n) is 8.96. The molecule has 1 aromatic heterocycles. The highest BCUT2D eigenvalue weighted by molar-refractivity contribution is 5.86. The number of rotatable bonds is 8. The zero-order chi connectivity index (χ0) is 23.0. The highest BCUT2D eigenvalue weighted by Gasteiger charge is 2.18. The van der Waals surface area contributed by atoms with Crippen molar-refractivity contribution in [1.29, 1.82) is 0 Å². The number of aryl methyl sites for hydroxylation is 1. The standard InChI is InChI=1S/C27H37N5O/c1-3-28-27(29-14-11-23-18-30-25-6-4-5-20(2)26(23)25)31-17-21-7-9-24(10-8-21)32-15-12-22(19-33)13-16-32/h4-10,18,22,30,33H,3,11-17,19H2,1-2H3,(H2,28,29,31). The van der Waals surface area contributed by atoms with E-state index < -0.39 is 0 Å². The van der Waals surface area contributed by atoms with Gasteiger partial charge in [0.2, 0.25) is 0 Å². The number of aromatic nitrogens is 1. The molecule has 1 saturated heterocycles. The third kappa shape index (κ3) is 5.88. The molecule has 2 heterocycles. The van der Waals surface area contributed by atoms with Crippen molar-refractivity contribution in [2.24, 2.45) is 10.9 Å². The van der Waals surface area contributed by atoms with E-state index in [1.807, 2.05) is 0 Å². The molecule has 0 saturated carbocycles. The van der Waals surface area contributed by atoms with E-state index in [9.17, 15) is 5.11 Å². The molecule has 1 aliphatic rings. The summed E-state index contributed by atoms with van der Waals surface area (Å²) in [5.74, 6) is 1.32. The lowest BCUT2D eigenvalue weighted by Gasteiger charge is -2.32. The molecule has 6 heteroatoms. The molecule has 33 heavy (non-hydrogen) atoms. The number of anilines is 1. The van der Waals surface area contributed by atoms with Crippen LogP contribution in [0.3, 0.4) is 0 Å². The lowest BCUT2D eigenvalue weighted by Crippen LogP contribution is -2.38. The third-order valence-electron chi connectivity index (χ3n) is 6.62. The minimum atomic E-state index is 0.314. The molecule has 2 aromatic carbocycles. The Kier molecular flexibility index (Phi) is 7.89. The maximum atomic E-state index is 9.34. The van der Waals surface area contributed by atoms with E-state index in [0.29, 0.717) is 19.1 Å². The van der Waals surface area contributed by atoms with Crippen molar-refractivity contribution in [3.63, 3.8) is 0 Å². The first kappa shape index (κ1) is 23.2. The van der Waals surface area contributed by atoms with Crippen molar-refractivity contribution in [1.82, 2.24) is 15.6 Å². The summed E-state index contributed by atoms with van der Waals surface area (Å²) in [6.45, 7) is 8.93. The van der Waals surface area contributed by atoms with Crippen LogP contribution in [0.4, 0.5) is 5.69 Å². The molecule has 1 aliphatic heterocycles. The average Bonchev–Trinajstić information content (AvgIpc) is 3.27. The van der Waals surface area contributed by atoms with Gasteiger partial charge in [0.25, 0.3) is 0 Å². The van der Waals surface area contributed by atoms with E-state index in [2.05, 4.69) is 83.0 Å². The Hall–Kier alpha value is -2.99. The van der Waals surface area contributed by atoms with Crippen LogP contribution in [-0.4, -0.2) is 48.8 Å². The second kappa shape index (κ2) is 11.2. The monoisotopic (exact) mass is 447 g/mol. The van der Waals surface area contributed by atoms with Gasteiger partial charge in [-0.1, -0.05) is 24.3 Å². The number of hydrogen-bond acceptors (Lipinski definition) is 3. The predicted molar refractivity (Wildman–Crippen MR) is 138 cm³/mol. The number of fused-ring (bicyclic) bond motifs is 1. The van der Waals surface area contributed by atoms with Crippen molar-refractivity contribution in [2.45, 2.75) is 39.7 Å². The van der Waals surface area contributed by atoms with Crippen LogP contribution in [-0.2, 0) is 13.0 Å². The smallest absolute Gasteiger partial charge is 0.191 e. The molecule has 0 unspecified atom stereocenters. The predicted octanol–water partition coefficient (Wildman–Crippen LogP) is 3.98. The van der Waals surface area contributed by atoms with Crippen LogP contribution in [0, 0.1) is 12.8 Å². The van der Waals surface area contributed by atoms with Crippen LogP contribution in [0.25, 0.3) is 10.9 Å². The summed E-state index contributed by atoms with van der Waals surface area (Å²) in [4.78, 5) is 10.6. The fraction of sp³-hybridized carbons (Fsp3) is 0.444. The second-order valence-corrected chi connectivity index (χ2v) is 8.96. The SMILES string of the molecule is CCNC(=NCc1ccc(N2CCC(CO)CC2)cc1)NCCc1c[nH]c2cccc(C)c12. The first-order chi connectivity index (χ1) is 16.2. The van der Waals surface area contributed by atoms with E-state index in [4.69, 9.17) is 4.99 Å². The average molecular weight is 448 g/mol. The van der Waals surface area contributed by atoms with Gasteiger partial charge in [0.1, 0.15) is 0 Å². The van der Waals surface area contributed by atoms with Gasteiger partial charge in [0.05, 0.1) is 6.54 Å². The summed E-state index contributed by atoms with van der Waals surface area (Å²) < 4.78 is 0. The molecule has 3 aromatic rings. The van der Waals surface area contributed by atoms with E-state index in [-0.39, 0.29) is 0 Å². The van der Waals surface area contributed by atoms with E-state index in [1.54, 1.807) is 0 Å². The van der Waals surface area contributed by atoms with Gasteiger partial charge in [0.15, 0.2) is 5.96 Å². The summed E-state index contributed by atoms with van der Waals surface area (Å²) in [7, 11) is 0. The van der Waals surface area contributed by atoms with Crippen molar-refractivity contribution in [3.8, 4) is 0 Å². The summed E-state index contributed by atoms with van der Waals surface area (Å²) in [6.07, 6.45) is 5.20. The molecule has 176 valence electrons. The van der Waals surface area contributed by atoms with E-state index >= 15 is 0 Å². The number of guanidine groups is 1. The van der Waals surface area contributed by atoms with Crippen LogP contribution in [0.2, 0.25) is 0 Å². The molecule has 0 radical (unpaired) electrons. The summed E-state index contributed by atoms with van der Waals surface area (Å²) in [6, 6.07) is 15.1. The molecule has 6 nitrogen and oxygen atoms in total. The van der Waals surface area contributed by atoms with Gasteiger partial charge in [-0.15, -0.1) is 0 Å². The van der Waals surface area contributed by atoms with Crippen LogP contribution in [0.15, 0.2) is 53.7 Å². The lowest BCUT2D eigenvalue weighted by atomic mass is 9.97. The number of aliphatic hydroxyl groups is 1. The quantitative estimate of drug-likeness (QED) is 0.311. The van der Waals surface area contributed by atoms with Crippen LogP contribution in [0.5, 0.6) is 0 Å². The fourth-order valence-corrected chi connectivity index (χ4v) is 4.66. The normalized spacial score (nSPS) is 15.2. The molecule has 1 fully saturated rings. The molecule has 0 atom stereocenters. The van der Waals surface area contributed by atoms with E-state index in [0.717, 1.165) is 51.4 Å². The largest absolute Gasteiger partial charge is 0.396 e. The topological polar surface area (TPSA) is 75.7 Å². The van der Waals surface area contributed by atoms with Crippen molar-refractivity contribution in [2.75, 3.05) is 37.7 Å². The number of piperidine rings is 1. The number of hydrogen-bond donors (Lipinski definition) is 4. The highest BCUT2D eigenvalue weighted by atomic mass is 16.3. The number of aliphatic imine (C=N–C) groups is 1. The zero-order valence-electron chi connectivity index (χ0n) is 19.9. The highest BCUT2D eigenvalue weighted by Crippen LogP contribution is 2.24. The molecule has 0 amide bonds. The number of aliphatic hydroxyl groups excluding tert-OH is 1. The van der Waals surface area contributed by atoms with Crippen molar-refractivity contribution >= 4 is 22.5 Å². The number of nitrogens with zero attached hydrogens (tertiary/aromatic N) is 2. The van der Waals surface area contributed by atoms with Gasteiger partial charge in [-0.3, -0.25) is 0 Å². The van der Waals surface area contributed by atoms with Gasteiger partial charge in [-0.05, 0) is 73.9 Å². The van der Waals surface area contributed by atoms with Crippen molar-refractivity contribution in [3.05, 3.63) is 65.4 Å². The Bertz CT molecular complexity index is 1050. The summed E-state index contributed by atoms with van der Waals surface area (Å²) in [5, 5.41) is 17.5. The molecule has 0 spiro atoms. The van der Waals surface area contributed by atoms with Gasteiger partial charge >= 0.3 is 0 Å². The fourth-order valence-electron chi connectivity index (χ4n) is 4.66. The number of H-pyrrole nitrogens is 1. The van der Waals surface area contributed by atoms with Gasteiger partial charge < -0.3 is 25.6 Å². The Morgan fingerprint density at radius 2 is 1.91 bits per heavy atom. The third-order valence-corrected chi connectivity index (χ3v) is 6.62.